The van der Waals surface area contributed by atoms with E-state index in [9.17, 15) is 4.79 Å². The van der Waals surface area contributed by atoms with Crippen LogP contribution < -0.4 is 0 Å². The van der Waals surface area contributed by atoms with E-state index >= 15 is 0 Å². The first-order valence-corrected chi connectivity index (χ1v) is 8.06. The Morgan fingerprint density at radius 2 is 1.92 bits per heavy atom. The third-order valence-corrected chi connectivity index (χ3v) is 4.10. The van der Waals surface area contributed by atoms with Crippen LogP contribution in [0.25, 0.3) is 17.6 Å². The van der Waals surface area contributed by atoms with E-state index in [0.717, 1.165) is 5.56 Å². The number of pyridine rings is 1. The minimum absolute atomic E-state index is 0.00966. The zero-order valence-corrected chi connectivity index (χ0v) is 13.4. The highest BCUT2D eigenvalue weighted by atomic mass is 16.5. The van der Waals surface area contributed by atoms with E-state index in [1.165, 1.54) is 0 Å². The lowest BCUT2D eigenvalue weighted by atomic mass is 10.00. The van der Waals surface area contributed by atoms with Crippen LogP contribution in [-0.4, -0.2) is 39.0 Å². The van der Waals surface area contributed by atoms with Crippen molar-refractivity contribution < 1.29 is 9.32 Å². The van der Waals surface area contributed by atoms with Gasteiger partial charge in [-0.25, -0.2) is 0 Å². The predicted octanol–water partition coefficient (Wildman–Crippen LogP) is 2.77. The SMILES string of the molecule is O=C(/C=C/c1ccccc1)N1CC(c2nc(-c3ccccn3)no2)C1. The molecule has 1 fully saturated rings. The Kier molecular flexibility index (Phi) is 4.08. The van der Waals surface area contributed by atoms with E-state index in [4.69, 9.17) is 4.52 Å². The molecule has 0 saturated carbocycles. The number of carbonyl (C=O) groups is 1. The second kappa shape index (κ2) is 6.68. The van der Waals surface area contributed by atoms with Crippen molar-refractivity contribution in [2.45, 2.75) is 5.92 Å². The molecule has 25 heavy (non-hydrogen) atoms. The molecular weight excluding hydrogens is 316 g/mol. The average Bonchev–Trinajstić information content (AvgIpc) is 3.10. The fourth-order valence-corrected chi connectivity index (χ4v) is 2.65. The molecule has 0 aliphatic carbocycles. The molecule has 1 amide bonds. The number of carbonyl (C=O) groups excluding carboxylic acids is 1. The van der Waals surface area contributed by atoms with Gasteiger partial charge in [-0.3, -0.25) is 9.78 Å². The van der Waals surface area contributed by atoms with Crippen molar-refractivity contribution in [3.8, 4) is 11.5 Å². The maximum absolute atomic E-state index is 12.2. The summed E-state index contributed by atoms with van der Waals surface area (Å²) in [4.78, 5) is 22.5. The van der Waals surface area contributed by atoms with Gasteiger partial charge in [-0.05, 0) is 23.8 Å². The first-order valence-electron chi connectivity index (χ1n) is 8.06. The highest BCUT2D eigenvalue weighted by Gasteiger charge is 2.34. The second-order valence-electron chi connectivity index (χ2n) is 5.86. The molecule has 0 bridgehead atoms. The van der Waals surface area contributed by atoms with Gasteiger partial charge in [0.1, 0.15) is 5.69 Å². The van der Waals surface area contributed by atoms with Crippen molar-refractivity contribution in [3.05, 3.63) is 72.3 Å². The van der Waals surface area contributed by atoms with Crippen molar-refractivity contribution in [3.63, 3.8) is 0 Å². The summed E-state index contributed by atoms with van der Waals surface area (Å²) in [5.41, 5.74) is 1.68. The highest BCUT2D eigenvalue weighted by molar-refractivity contribution is 5.92. The van der Waals surface area contributed by atoms with Gasteiger partial charge in [-0.15, -0.1) is 0 Å². The number of likely N-dealkylation sites (tertiary alicyclic amines) is 1. The lowest BCUT2D eigenvalue weighted by Crippen LogP contribution is -2.47. The molecule has 3 heterocycles. The van der Waals surface area contributed by atoms with E-state index < -0.39 is 0 Å². The Labute approximate surface area is 144 Å². The Hall–Kier alpha value is -3.28. The van der Waals surface area contributed by atoms with Crippen LogP contribution in [0.3, 0.4) is 0 Å². The van der Waals surface area contributed by atoms with Gasteiger partial charge in [0.25, 0.3) is 0 Å². The number of nitrogens with zero attached hydrogens (tertiary/aromatic N) is 4. The molecule has 1 aliphatic rings. The van der Waals surface area contributed by atoms with Gasteiger partial charge in [0.15, 0.2) is 0 Å². The Balaban J connectivity index is 1.35. The molecule has 0 N–H and O–H groups in total. The predicted molar refractivity (Wildman–Crippen MR) is 92.3 cm³/mol. The smallest absolute Gasteiger partial charge is 0.246 e. The number of amides is 1. The topological polar surface area (TPSA) is 72.1 Å². The lowest BCUT2D eigenvalue weighted by Gasteiger charge is -2.36. The largest absolute Gasteiger partial charge is 0.338 e. The summed E-state index contributed by atoms with van der Waals surface area (Å²) >= 11 is 0. The van der Waals surface area contributed by atoms with Crippen LogP contribution in [0, 0.1) is 0 Å². The monoisotopic (exact) mass is 332 g/mol. The standard InChI is InChI=1S/C19H16N4O2/c24-17(10-9-14-6-2-1-3-7-14)23-12-15(13-23)19-21-18(22-25-19)16-8-4-5-11-20-16/h1-11,15H,12-13H2/b10-9+. The fraction of sp³-hybridized carbons (Fsp3) is 0.158. The van der Waals surface area contributed by atoms with Crippen molar-refractivity contribution in [2.24, 2.45) is 0 Å². The molecule has 0 spiro atoms. The van der Waals surface area contributed by atoms with E-state index in [1.807, 2.05) is 54.6 Å². The number of benzene rings is 1. The molecule has 2 aromatic heterocycles. The number of hydrogen-bond donors (Lipinski definition) is 0. The van der Waals surface area contributed by atoms with Crippen LogP contribution in [0.5, 0.6) is 0 Å². The zero-order valence-electron chi connectivity index (χ0n) is 13.4. The normalized spacial score (nSPS) is 14.6. The molecule has 3 aromatic rings. The van der Waals surface area contributed by atoms with Crippen LogP contribution in [0.2, 0.25) is 0 Å². The molecule has 6 nitrogen and oxygen atoms in total. The Bertz CT molecular complexity index is 884. The second-order valence-corrected chi connectivity index (χ2v) is 5.86. The van der Waals surface area contributed by atoms with Crippen LogP contribution in [0.15, 0.2) is 65.3 Å². The van der Waals surface area contributed by atoms with Gasteiger partial charge < -0.3 is 9.42 Å². The quantitative estimate of drug-likeness (QED) is 0.687. The summed E-state index contributed by atoms with van der Waals surface area (Å²) in [6.07, 6.45) is 5.11. The molecule has 4 rings (SSSR count). The minimum atomic E-state index is -0.00966. The van der Waals surface area contributed by atoms with Crippen LogP contribution in [0.4, 0.5) is 0 Å². The maximum Gasteiger partial charge on any atom is 0.246 e. The van der Waals surface area contributed by atoms with Crippen LogP contribution in [-0.2, 0) is 4.79 Å². The van der Waals surface area contributed by atoms with Crippen molar-refractivity contribution in [1.29, 1.82) is 0 Å². The maximum atomic E-state index is 12.2. The van der Waals surface area contributed by atoms with Crippen molar-refractivity contribution in [1.82, 2.24) is 20.0 Å². The summed E-state index contributed by atoms with van der Waals surface area (Å²) in [5.74, 6) is 1.10. The third kappa shape index (κ3) is 3.33. The summed E-state index contributed by atoms with van der Waals surface area (Å²) in [7, 11) is 0. The van der Waals surface area contributed by atoms with Crippen LogP contribution >= 0.6 is 0 Å². The van der Waals surface area contributed by atoms with Crippen molar-refractivity contribution >= 4 is 12.0 Å². The van der Waals surface area contributed by atoms with Gasteiger partial charge in [-0.1, -0.05) is 41.6 Å². The van der Waals surface area contributed by atoms with E-state index in [-0.39, 0.29) is 11.8 Å². The molecule has 1 aliphatic heterocycles. The molecule has 0 radical (unpaired) electrons. The molecule has 1 aromatic carbocycles. The van der Waals surface area contributed by atoms with Gasteiger partial charge in [0, 0.05) is 25.4 Å². The Morgan fingerprint density at radius 3 is 2.68 bits per heavy atom. The Morgan fingerprint density at radius 1 is 1.12 bits per heavy atom. The number of aromatic nitrogens is 3. The van der Waals surface area contributed by atoms with Gasteiger partial charge in [0.2, 0.25) is 17.6 Å². The summed E-state index contributed by atoms with van der Waals surface area (Å²) in [5, 5.41) is 3.97. The molecular formula is C19H16N4O2. The molecule has 124 valence electrons. The fourth-order valence-electron chi connectivity index (χ4n) is 2.65. The van der Waals surface area contributed by atoms with Crippen molar-refractivity contribution in [2.75, 3.05) is 13.1 Å². The lowest BCUT2D eigenvalue weighted by molar-refractivity contribution is -0.130. The van der Waals surface area contributed by atoms with Gasteiger partial charge >= 0.3 is 0 Å². The average molecular weight is 332 g/mol. The molecule has 1 saturated heterocycles. The third-order valence-electron chi connectivity index (χ3n) is 4.10. The zero-order chi connectivity index (χ0) is 17.1. The van der Waals surface area contributed by atoms with E-state index in [0.29, 0.717) is 30.5 Å². The van der Waals surface area contributed by atoms with E-state index in [1.54, 1.807) is 17.2 Å². The summed E-state index contributed by atoms with van der Waals surface area (Å²) < 4.78 is 5.32. The molecule has 0 unspecified atom stereocenters. The summed E-state index contributed by atoms with van der Waals surface area (Å²) in [6, 6.07) is 15.3. The number of rotatable bonds is 4. The first-order chi connectivity index (χ1) is 12.3. The highest BCUT2D eigenvalue weighted by Crippen LogP contribution is 2.27. The first kappa shape index (κ1) is 15.3. The van der Waals surface area contributed by atoms with Gasteiger partial charge in [0.05, 0.1) is 5.92 Å². The molecule has 0 atom stereocenters. The van der Waals surface area contributed by atoms with E-state index in [2.05, 4.69) is 15.1 Å². The molecule has 6 heteroatoms. The number of hydrogen-bond acceptors (Lipinski definition) is 5. The van der Waals surface area contributed by atoms with Gasteiger partial charge in [-0.2, -0.15) is 4.98 Å². The minimum Gasteiger partial charge on any atom is -0.338 e. The summed E-state index contributed by atoms with van der Waals surface area (Å²) in [6.45, 7) is 1.17. The van der Waals surface area contributed by atoms with Crippen LogP contribution in [0.1, 0.15) is 17.4 Å².